The van der Waals surface area contributed by atoms with E-state index in [4.69, 9.17) is 4.98 Å². The number of hydrogen-bond donors (Lipinski definition) is 2. The van der Waals surface area contributed by atoms with E-state index in [1.807, 2.05) is 6.20 Å². The monoisotopic (exact) mass is 258 g/mol. The zero-order valence-corrected chi connectivity index (χ0v) is 10.9. The van der Waals surface area contributed by atoms with E-state index in [0.717, 1.165) is 37.3 Å². The maximum atomic E-state index is 12.2. The Kier molecular flexibility index (Phi) is 2.48. The molecule has 1 saturated carbocycles. The lowest BCUT2D eigenvalue weighted by molar-refractivity contribution is 0.453. The summed E-state index contributed by atoms with van der Waals surface area (Å²) in [5, 5.41) is 6.39. The smallest absolute Gasteiger partial charge is 0.272 e. The van der Waals surface area contributed by atoms with E-state index in [9.17, 15) is 4.79 Å². The van der Waals surface area contributed by atoms with Gasteiger partial charge in [0.25, 0.3) is 5.56 Å². The molecule has 2 aromatic heterocycles. The number of rotatable bonds is 2. The van der Waals surface area contributed by atoms with E-state index < -0.39 is 0 Å². The van der Waals surface area contributed by atoms with Crippen LogP contribution in [0.5, 0.6) is 0 Å². The fourth-order valence-electron chi connectivity index (χ4n) is 3.04. The van der Waals surface area contributed by atoms with Crippen LogP contribution in [0, 0.1) is 0 Å². The summed E-state index contributed by atoms with van der Waals surface area (Å²) in [5.41, 5.74) is 3.06. The highest BCUT2D eigenvalue weighted by atomic mass is 16.1. The Labute approximate surface area is 111 Å². The standard InChI is InChI=1S/C14H18N4O/c19-13-7-12(10-3-5-15-6-4-10)17-14-11(9-1-2-9)8-16-18(13)14/h7-10,15-16H,1-6H2. The van der Waals surface area contributed by atoms with Crippen molar-refractivity contribution in [2.75, 3.05) is 13.1 Å². The molecule has 1 saturated heterocycles. The van der Waals surface area contributed by atoms with Gasteiger partial charge in [0, 0.05) is 23.7 Å². The molecule has 5 heteroatoms. The van der Waals surface area contributed by atoms with Gasteiger partial charge >= 0.3 is 0 Å². The zero-order valence-electron chi connectivity index (χ0n) is 10.9. The van der Waals surface area contributed by atoms with E-state index in [1.165, 1.54) is 18.4 Å². The van der Waals surface area contributed by atoms with Gasteiger partial charge in [0.2, 0.25) is 0 Å². The molecule has 2 aromatic rings. The van der Waals surface area contributed by atoms with Crippen LogP contribution in [0.25, 0.3) is 5.65 Å². The molecule has 2 aliphatic rings. The molecular weight excluding hydrogens is 240 g/mol. The van der Waals surface area contributed by atoms with Crippen LogP contribution in [0.15, 0.2) is 17.1 Å². The highest BCUT2D eigenvalue weighted by Crippen LogP contribution is 2.41. The number of hydrogen-bond acceptors (Lipinski definition) is 3. The first kappa shape index (κ1) is 11.2. The topological polar surface area (TPSA) is 62.2 Å². The predicted molar refractivity (Wildman–Crippen MR) is 72.6 cm³/mol. The lowest BCUT2D eigenvalue weighted by Gasteiger charge is -2.21. The largest absolute Gasteiger partial charge is 0.317 e. The van der Waals surface area contributed by atoms with Crippen LogP contribution in [-0.4, -0.2) is 27.7 Å². The molecule has 19 heavy (non-hydrogen) atoms. The quantitative estimate of drug-likeness (QED) is 0.855. The van der Waals surface area contributed by atoms with Gasteiger partial charge in [-0.1, -0.05) is 0 Å². The summed E-state index contributed by atoms with van der Waals surface area (Å²) < 4.78 is 1.58. The average molecular weight is 258 g/mol. The van der Waals surface area contributed by atoms with Crippen LogP contribution in [0.4, 0.5) is 0 Å². The molecule has 0 atom stereocenters. The van der Waals surface area contributed by atoms with Gasteiger partial charge in [-0.15, -0.1) is 0 Å². The number of fused-ring (bicyclic) bond motifs is 1. The van der Waals surface area contributed by atoms with Crippen LogP contribution in [-0.2, 0) is 0 Å². The second-order valence-electron chi connectivity index (χ2n) is 5.71. The Hall–Kier alpha value is -1.62. The Morgan fingerprint density at radius 2 is 1.95 bits per heavy atom. The minimum absolute atomic E-state index is 0.0189. The zero-order chi connectivity index (χ0) is 12.8. The Morgan fingerprint density at radius 1 is 1.16 bits per heavy atom. The summed E-state index contributed by atoms with van der Waals surface area (Å²) in [6.45, 7) is 2.04. The third-order valence-corrected chi connectivity index (χ3v) is 4.32. The summed E-state index contributed by atoms with van der Waals surface area (Å²) in [4.78, 5) is 17.0. The second-order valence-corrected chi connectivity index (χ2v) is 5.71. The molecule has 5 nitrogen and oxygen atoms in total. The van der Waals surface area contributed by atoms with Crippen molar-refractivity contribution in [1.82, 2.24) is 19.9 Å². The van der Waals surface area contributed by atoms with E-state index in [1.54, 1.807) is 10.6 Å². The van der Waals surface area contributed by atoms with Gasteiger partial charge in [0.15, 0.2) is 5.65 Å². The number of piperidine rings is 1. The van der Waals surface area contributed by atoms with Gasteiger partial charge in [-0.3, -0.25) is 9.89 Å². The molecule has 0 radical (unpaired) electrons. The molecule has 3 heterocycles. The fraction of sp³-hybridized carbons (Fsp3) is 0.571. The number of aromatic nitrogens is 3. The normalized spacial score (nSPS) is 21.1. The molecule has 1 aliphatic carbocycles. The van der Waals surface area contributed by atoms with Gasteiger partial charge in [0.1, 0.15) is 0 Å². The molecule has 0 bridgehead atoms. The van der Waals surface area contributed by atoms with Crippen LogP contribution in [0.1, 0.15) is 48.8 Å². The van der Waals surface area contributed by atoms with E-state index in [2.05, 4.69) is 10.4 Å². The summed E-state index contributed by atoms with van der Waals surface area (Å²) in [6.07, 6.45) is 6.55. The molecule has 100 valence electrons. The Balaban J connectivity index is 1.82. The lowest BCUT2D eigenvalue weighted by atomic mass is 9.94. The number of aromatic amines is 1. The van der Waals surface area contributed by atoms with Crippen molar-refractivity contribution in [2.45, 2.75) is 37.5 Å². The first-order chi connectivity index (χ1) is 9.33. The van der Waals surface area contributed by atoms with Crippen molar-refractivity contribution >= 4 is 5.65 Å². The van der Waals surface area contributed by atoms with E-state index in [-0.39, 0.29) is 5.56 Å². The summed E-state index contributed by atoms with van der Waals surface area (Å²) in [5.74, 6) is 1.04. The molecule has 0 amide bonds. The predicted octanol–water partition coefficient (Wildman–Crippen LogP) is 1.37. The fourth-order valence-corrected chi connectivity index (χ4v) is 3.04. The van der Waals surface area contributed by atoms with Gasteiger partial charge < -0.3 is 5.32 Å². The Bertz CT molecular complexity index is 662. The minimum atomic E-state index is 0.0189. The summed E-state index contributed by atoms with van der Waals surface area (Å²) in [7, 11) is 0. The second kappa shape index (κ2) is 4.20. The summed E-state index contributed by atoms with van der Waals surface area (Å²) in [6, 6.07) is 1.70. The molecular formula is C14H18N4O. The maximum Gasteiger partial charge on any atom is 0.272 e. The molecule has 2 N–H and O–H groups in total. The number of nitrogens with zero attached hydrogens (tertiary/aromatic N) is 2. The molecule has 0 unspecified atom stereocenters. The summed E-state index contributed by atoms with van der Waals surface area (Å²) >= 11 is 0. The van der Waals surface area contributed by atoms with Crippen LogP contribution in [0.2, 0.25) is 0 Å². The van der Waals surface area contributed by atoms with Crippen molar-refractivity contribution in [3.63, 3.8) is 0 Å². The maximum absolute atomic E-state index is 12.2. The third-order valence-electron chi connectivity index (χ3n) is 4.32. The van der Waals surface area contributed by atoms with Crippen LogP contribution >= 0.6 is 0 Å². The highest BCUT2D eigenvalue weighted by Gasteiger charge is 2.28. The van der Waals surface area contributed by atoms with Gasteiger partial charge in [0.05, 0.1) is 5.69 Å². The van der Waals surface area contributed by atoms with Crippen molar-refractivity contribution in [3.8, 4) is 0 Å². The SMILES string of the molecule is O=c1cc(C2CCNCC2)nc2c(C3CC3)c[nH]n12. The van der Waals surface area contributed by atoms with Crippen molar-refractivity contribution < 1.29 is 0 Å². The average Bonchev–Trinajstić information content (AvgIpc) is 3.19. The lowest BCUT2D eigenvalue weighted by Crippen LogP contribution is -2.28. The minimum Gasteiger partial charge on any atom is -0.317 e. The van der Waals surface area contributed by atoms with Crippen molar-refractivity contribution in [2.24, 2.45) is 0 Å². The first-order valence-electron chi connectivity index (χ1n) is 7.14. The van der Waals surface area contributed by atoms with Gasteiger partial charge in [-0.2, -0.15) is 0 Å². The van der Waals surface area contributed by atoms with Gasteiger partial charge in [-0.05, 0) is 44.7 Å². The van der Waals surface area contributed by atoms with Crippen molar-refractivity contribution in [3.05, 3.63) is 33.9 Å². The van der Waals surface area contributed by atoms with E-state index >= 15 is 0 Å². The first-order valence-corrected chi connectivity index (χ1v) is 7.14. The highest BCUT2D eigenvalue weighted by molar-refractivity contribution is 5.50. The molecule has 2 fully saturated rings. The molecule has 4 rings (SSSR count). The molecule has 1 aliphatic heterocycles. The van der Waals surface area contributed by atoms with E-state index in [0.29, 0.717) is 11.8 Å². The third kappa shape index (κ3) is 1.89. The number of H-pyrrole nitrogens is 1. The van der Waals surface area contributed by atoms with Crippen molar-refractivity contribution in [1.29, 1.82) is 0 Å². The number of nitrogens with one attached hydrogen (secondary N) is 2. The van der Waals surface area contributed by atoms with Crippen LogP contribution in [0.3, 0.4) is 0 Å². The van der Waals surface area contributed by atoms with Gasteiger partial charge in [-0.25, -0.2) is 9.50 Å². The molecule has 0 spiro atoms. The molecule has 0 aromatic carbocycles. The Morgan fingerprint density at radius 3 is 2.68 bits per heavy atom. The van der Waals surface area contributed by atoms with Crippen LogP contribution < -0.4 is 10.9 Å².